The third kappa shape index (κ3) is 4.14. The van der Waals surface area contributed by atoms with Crippen LogP contribution in [0.5, 0.6) is 5.75 Å². The molecule has 0 unspecified atom stereocenters. The van der Waals surface area contributed by atoms with Gasteiger partial charge in [-0.05, 0) is 37.1 Å². The Balaban J connectivity index is 1.98. The van der Waals surface area contributed by atoms with Crippen molar-refractivity contribution in [1.82, 2.24) is 4.90 Å². The predicted molar refractivity (Wildman–Crippen MR) is 109 cm³/mol. The fourth-order valence-corrected chi connectivity index (χ4v) is 5.03. The maximum atomic E-state index is 13.4. The van der Waals surface area contributed by atoms with Crippen molar-refractivity contribution in [3.8, 4) is 5.75 Å². The summed E-state index contributed by atoms with van der Waals surface area (Å²) in [6.07, 6.45) is 4.12. The van der Waals surface area contributed by atoms with Crippen molar-refractivity contribution in [3.05, 3.63) is 54.6 Å². The lowest BCUT2D eigenvalue weighted by atomic mass is 10.2. The minimum absolute atomic E-state index is 0.136. The topological polar surface area (TPSA) is 66.9 Å². The zero-order valence-corrected chi connectivity index (χ0v) is 17.1. The fourth-order valence-electron chi connectivity index (χ4n) is 3.58. The molecule has 2 aromatic rings. The molecule has 0 saturated heterocycles. The van der Waals surface area contributed by atoms with Gasteiger partial charge in [0.1, 0.15) is 12.3 Å². The van der Waals surface area contributed by atoms with Crippen molar-refractivity contribution >= 4 is 21.6 Å². The highest BCUT2D eigenvalue weighted by molar-refractivity contribution is 7.92. The van der Waals surface area contributed by atoms with E-state index in [1.807, 2.05) is 0 Å². The van der Waals surface area contributed by atoms with E-state index in [9.17, 15) is 13.2 Å². The number of sulfonamides is 1. The summed E-state index contributed by atoms with van der Waals surface area (Å²) in [5, 5.41) is 0. The summed E-state index contributed by atoms with van der Waals surface area (Å²) in [4.78, 5) is 14.8. The van der Waals surface area contributed by atoms with Crippen LogP contribution in [0.25, 0.3) is 0 Å². The molecule has 0 aliphatic heterocycles. The molecule has 1 aliphatic rings. The summed E-state index contributed by atoms with van der Waals surface area (Å²) in [6, 6.07) is 15.2. The Hall–Kier alpha value is -2.54. The van der Waals surface area contributed by atoms with Gasteiger partial charge in [0.05, 0.1) is 17.7 Å². The van der Waals surface area contributed by atoms with E-state index < -0.39 is 10.0 Å². The van der Waals surface area contributed by atoms with E-state index in [0.29, 0.717) is 11.4 Å². The zero-order chi connectivity index (χ0) is 20.1. The molecule has 150 valence electrons. The van der Waals surface area contributed by atoms with Crippen molar-refractivity contribution in [1.29, 1.82) is 0 Å². The van der Waals surface area contributed by atoms with Crippen LogP contribution in [0.3, 0.4) is 0 Å². The van der Waals surface area contributed by atoms with E-state index in [1.54, 1.807) is 54.4 Å². The van der Waals surface area contributed by atoms with Crippen LogP contribution in [0.2, 0.25) is 0 Å². The van der Waals surface area contributed by atoms with Crippen LogP contribution in [0, 0.1) is 0 Å². The minimum atomic E-state index is -3.93. The highest BCUT2D eigenvalue weighted by Crippen LogP contribution is 2.32. The first-order valence-corrected chi connectivity index (χ1v) is 10.9. The monoisotopic (exact) mass is 402 g/mol. The summed E-state index contributed by atoms with van der Waals surface area (Å²) in [5.74, 6) is 0.177. The molecule has 0 atom stereocenters. The van der Waals surface area contributed by atoms with Crippen LogP contribution in [-0.4, -0.2) is 46.0 Å². The summed E-state index contributed by atoms with van der Waals surface area (Å²) in [6.45, 7) is -0.273. The molecule has 0 spiro atoms. The van der Waals surface area contributed by atoms with Gasteiger partial charge in [0.15, 0.2) is 0 Å². The quantitative estimate of drug-likeness (QED) is 0.713. The van der Waals surface area contributed by atoms with Gasteiger partial charge in [0, 0.05) is 13.1 Å². The maximum Gasteiger partial charge on any atom is 0.264 e. The Morgan fingerprint density at radius 2 is 1.64 bits per heavy atom. The molecule has 0 bridgehead atoms. The maximum absolute atomic E-state index is 13.4. The molecule has 0 heterocycles. The third-order valence-corrected chi connectivity index (χ3v) is 7.00. The largest absolute Gasteiger partial charge is 0.495 e. The number of hydrogen-bond acceptors (Lipinski definition) is 4. The van der Waals surface area contributed by atoms with Gasteiger partial charge >= 0.3 is 0 Å². The predicted octanol–water partition coefficient (Wildman–Crippen LogP) is 3.29. The Kier molecular flexibility index (Phi) is 6.24. The molecular weight excluding hydrogens is 376 g/mol. The number of nitrogens with zero attached hydrogens (tertiary/aromatic N) is 2. The Bertz CT molecular complexity index is 909. The van der Waals surface area contributed by atoms with E-state index in [2.05, 4.69) is 0 Å². The standard InChI is InChI=1S/C21H26N2O4S/c1-22(17-10-6-7-11-17)21(24)16-23(19-14-8-9-15-20(19)27-2)28(25,26)18-12-4-3-5-13-18/h3-5,8-9,12-15,17H,6-7,10-11,16H2,1-2H3. The van der Waals surface area contributed by atoms with Crippen molar-refractivity contribution in [2.24, 2.45) is 0 Å². The second-order valence-electron chi connectivity index (χ2n) is 6.94. The first-order valence-electron chi connectivity index (χ1n) is 9.41. The number of anilines is 1. The van der Waals surface area contributed by atoms with Gasteiger partial charge in [-0.15, -0.1) is 0 Å². The number of hydrogen-bond donors (Lipinski definition) is 0. The van der Waals surface area contributed by atoms with Gasteiger partial charge in [-0.25, -0.2) is 8.42 Å². The van der Waals surface area contributed by atoms with Crippen molar-refractivity contribution in [2.45, 2.75) is 36.6 Å². The normalized spacial score (nSPS) is 14.6. The van der Waals surface area contributed by atoms with Crippen LogP contribution in [0.15, 0.2) is 59.5 Å². The number of para-hydroxylation sites is 2. The molecule has 6 nitrogen and oxygen atoms in total. The SMILES string of the molecule is COc1ccccc1N(CC(=O)N(C)C1CCCC1)S(=O)(=O)c1ccccc1. The smallest absolute Gasteiger partial charge is 0.264 e. The van der Waals surface area contributed by atoms with E-state index >= 15 is 0 Å². The summed E-state index contributed by atoms with van der Waals surface area (Å²) in [5.41, 5.74) is 0.349. The number of ether oxygens (including phenoxy) is 1. The second kappa shape index (κ2) is 8.65. The number of amides is 1. The summed E-state index contributed by atoms with van der Waals surface area (Å²) < 4.78 is 33.3. The van der Waals surface area contributed by atoms with Crippen molar-refractivity contribution in [3.63, 3.8) is 0 Å². The van der Waals surface area contributed by atoms with Crippen LogP contribution in [0.1, 0.15) is 25.7 Å². The third-order valence-electron chi connectivity index (χ3n) is 5.23. The molecule has 1 aliphatic carbocycles. The Morgan fingerprint density at radius 1 is 1.04 bits per heavy atom. The van der Waals surface area contributed by atoms with Gasteiger partial charge in [0.2, 0.25) is 5.91 Å². The van der Waals surface area contributed by atoms with E-state index in [-0.39, 0.29) is 23.4 Å². The molecule has 3 rings (SSSR count). The average molecular weight is 403 g/mol. The van der Waals surface area contributed by atoms with Crippen LogP contribution >= 0.6 is 0 Å². The average Bonchev–Trinajstić information content (AvgIpc) is 3.26. The lowest BCUT2D eigenvalue weighted by Gasteiger charge is -2.30. The highest BCUT2D eigenvalue weighted by Gasteiger charge is 2.32. The molecule has 1 saturated carbocycles. The minimum Gasteiger partial charge on any atom is -0.495 e. The molecular formula is C21H26N2O4S. The van der Waals surface area contributed by atoms with E-state index in [0.717, 1.165) is 30.0 Å². The summed E-state index contributed by atoms with van der Waals surface area (Å²) >= 11 is 0. The molecule has 0 N–H and O–H groups in total. The molecule has 7 heteroatoms. The lowest BCUT2D eigenvalue weighted by Crippen LogP contribution is -2.44. The zero-order valence-electron chi connectivity index (χ0n) is 16.2. The number of benzene rings is 2. The fraction of sp³-hybridized carbons (Fsp3) is 0.381. The molecule has 0 aromatic heterocycles. The van der Waals surface area contributed by atoms with Crippen LogP contribution < -0.4 is 9.04 Å². The van der Waals surface area contributed by atoms with Crippen LogP contribution in [0.4, 0.5) is 5.69 Å². The Morgan fingerprint density at radius 3 is 2.29 bits per heavy atom. The first kappa shape index (κ1) is 20.2. The van der Waals surface area contributed by atoms with Gasteiger partial charge < -0.3 is 9.64 Å². The van der Waals surface area contributed by atoms with Gasteiger partial charge in [-0.2, -0.15) is 0 Å². The number of rotatable bonds is 7. The number of carbonyl (C=O) groups is 1. The molecule has 0 radical (unpaired) electrons. The molecule has 1 fully saturated rings. The van der Waals surface area contributed by atoms with Gasteiger partial charge in [0.25, 0.3) is 10.0 Å². The number of carbonyl (C=O) groups excluding carboxylic acids is 1. The van der Waals surface area contributed by atoms with Crippen molar-refractivity contribution in [2.75, 3.05) is 25.0 Å². The van der Waals surface area contributed by atoms with Crippen LogP contribution in [-0.2, 0) is 14.8 Å². The molecule has 2 aromatic carbocycles. The highest BCUT2D eigenvalue weighted by atomic mass is 32.2. The summed E-state index contributed by atoms with van der Waals surface area (Å²) in [7, 11) is -0.690. The van der Waals surface area contributed by atoms with E-state index in [1.165, 1.54) is 19.2 Å². The molecule has 28 heavy (non-hydrogen) atoms. The molecule has 1 amide bonds. The lowest BCUT2D eigenvalue weighted by molar-refractivity contribution is -0.130. The number of likely N-dealkylation sites (N-methyl/N-ethyl adjacent to an activating group) is 1. The van der Waals surface area contributed by atoms with Crippen molar-refractivity contribution < 1.29 is 17.9 Å². The first-order chi connectivity index (χ1) is 13.4. The van der Waals surface area contributed by atoms with Gasteiger partial charge in [-0.3, -0.25) is 9.10 Å². The number of methoxy groups -OCH3 is 1. The second-order valence-corrected chi connectivity index (χ2v) is 8.80. The Labute approximate surface area is 166 Å². The van der Waals surface area contributed by atoms with Gasteiger partial charge in [-0.1, -0.05) is 43.2 Å². The van der Waals surface area contributed by atoms with E-state index in [4.69, 9.17) is 4.74 Å².